The SMILES string of the molecule is COC(=O)C[n+]1cccc(N=Cc2ccccc2)c1. The van der Waals surface area contributed by atoms with Gasteiger partial charge in [0.15, 0.2) is 12.4 Å². The summed E-state index contributed by atoms with van der Waals surface area (Å²) in [6.45, 7) is 0.186. The molecule has 0 saturated heterocycles. The number of hydrogen-bond donors (Lipinski definition) is 0. The highest BCUT2D eigenvalue weighted by Gasteiger charge is 2.08. The largest absolute Gasteiger partial charge is 0.464 e. The van der Waals surface area contributed by atoms with Crippen LogP contribution in [0.15, 0.2) is 59.9 Å². The van der Waals surface area contributed by atoms with Crippen LogP contribution in [-0.2, 0) is 16.1 Å². The molecule has 0 radical (unpaired) electrons. The molecule has 96 valence electrons. The summed E-state index contributed by atoms with van der Waals surface area (Å²) in [6.07, 6.45) is 5.40. The van der Waals surface area contributed by atoms with E-state index in [0.29, 0.717) is 0 Å². The molecule has 0 atom stereocenters. The van der Waals surface area contributed by atoms with E-state index < -0.39 is 0 Å². The smallest absolute Gasteiger partial charge is 0.372 e. The van der Waals surface area contributed by atoms with Crippen molar-refractivity contribution in [1.29, 1.82) is 0 Å². The second-order valence-corrected chi connectivity index (χ2v) is 3.98. The molecule has 1 heterocycles. The van der Waals surface area contributed by atoms with Gasteiger partial charge in [0.2, 0.25) is 6.54 Å². The van der Waals surface area contributed by atoms with Gasteiger partial charge in [-0.25, -0.2) is 9.79 Å². The van der Waals surface area contributed by atoms with Gasteiger partial charge in [-0.3, -0.25) is 0 Å². The first kappa shape index (κ1) is 13.0. The molecule has 2 aromatic rings. The second kappa shape index (κ2) is 6.44. The highest BCUT2D eigenvalue weighted by molar-refractivity contribution is 5.81. The van der Waals surface area contributed by atoms with Crippen molar-refractivity contribution >= 4 is 17.9 Å². The quantitative estimate of drug-likeness (QED) is 0.476. The minimum absolute atomic E-state index is 0.186. The number of hydrogen-bond acceptors (Lipinski definition) is 3. The molecule has 0 aliphatic carbocycles. The molecular weight excluding hydrogens is 240 g/mol. The molecule has 0 aliphatic rings. The van der Waals surface area contributed by atoms with E-state index in [2.05, 4.69) is 9.73 Å². The van der Waals surface area contributed by atoms with Crippen molar-refractivity contribution in [3.05, 3.63) is 60.4 Å². The molecule has 0 saturated carbocycles. The molecule has 0 aliphatic heterocycles. The predicted molar refractivity (Wildman–Crippen MR) is 72.3 cm³/mol. The third kappa shape index (κ3) is 4.03. The second-order valence-electron chi connectivity index (χ2n) is 3.98. The normalized spacial score (nSPS) is 10.6. The molecule has 19 heavy (non-hydrogen) atoms. The molecule has 1 aromatic heterocycles. The highest BCUT2D eigenvalue weighted by atomic mass is 16.5. The van der Waals surface area contributed by atoms with E-state index in [1.54, 1.807) is 23.2 Å². The van der Waals surface area contributed by atoms with Crippen LogP contribution in [0.25, 0.3) is 0 Å². The molecular formula is C15H15N2O2+. The van der Waals surface area contributed by atoms with E-state index in [0.717, 1.165) is 11.3 Å². The van der Waals surface area contributed by atoms with Crippen molar-refractivity contribution in [1.82, 2.24) is 0 Å². The topological polar surface area (TPSA) is 42.5 Å². The van der Waals surface area contributed by atoms with Gasteiger partial charge in [0.25, 0.3) is 0 Å². The van der Waals surface area contributed by atoms with Crippen molar-refractivity contribution in [3.8, 4) is 0 Å². The molecule has 4 nitrogen and oxygen atoms in total. The fourth-order valence-electron chi connectivity index (χ4n) is 1.58. The molecule has 0 fully saturated rings. The summed E-state index contributed by atoms with van der Waals surface area (Å²) in [4.78, 5) is 15.6. The first-order chi connectivity index (χ1) is 9.28. The molecule has 0 unspecified atom stereocenters. The first-order valence-electron chi connectivity index (χ1n) is 5.93. The maximum Gasteiger partial charge on any atom is 0.372 e. The number of aliphatic imine (C=N–C) groups is 1. The van der Waals surface area contributed by atoms with Crippen molar-refractivity contribution < 1.29 is 14.1 Å². The van der Waals surface area contributed by atoms with Crippen LogP contribution < -0.4 is 4.57 Å². The standard InChI is InChI=1S/C15H15N2O2/c1-19-15(18)12-17-9-5-8-14(11-17)16-10-13-6-3-2-4-7-13/h2-11H,12H2,1H3/q+1. The van der Waals surface area contributed by atoms with E-state index in [1.165, 1.54) is 7.11 Å². The average molecular weight is 255 g/mol. The third-order valence-electron chi connectivity index (χ3n) is 2.54. The van der Waals surface area contributed by atoms with E-state index in [4.69, 9.17) is 0 Å². The highest BCUT2D eigenvalue weighted by Crippen LogP contribution is 2.07. The number of carbonyl (C=O) groups is 1. The Hall–Kier alpha value is -2.49. The molecule has 0 N–H and O–H groups in total. The lowest BCUT2D eigenvalue weighted by Gasteiger charge is -1.97. The van der Waals surface area contributed by atoms with Crippen LogP contribution >= 0.6 is 0 Å². The van der Waals surface area contributed by atoms with Gasteiger partial charge >= 0.3 is 5.97 Å². The van der Waals surface area contributed by atoms with Crippen molar-refractivity contribution in [2.45, 2.75) is 6.54 Å². The first-order valence-corrected chi connectivity index (χ1v) is 5.93. The van der Waals surface area contributed by atoms with Crippen LogP contribution in [0.4, 0.5) is 5.69 Å². The average Bonchev–Trinajstić information content (AvgIpc) is 2.46. The fraction of sp³-hybridized carbons (Fsp3) is 0.133. The maximum absolute atomic E-state index is 11.2. The van der Waals surface area contributed by atoms with E-state index in [1.807, 2.05) is 42.5 Å². The molecule has 1 aromatic carbocycles. The number of benzene rings is 1. The fourth-order valence-corrected chi connectivity index (χ4v) is 1.58. The molecule has 2 rings (SSSR count). The molecule has 0 bridgehead atoms. The van der Waals surface area contributed by atoms with Crippen LogP contribution in [0.3, 0.4) is 0 Å². The number of rotatable bonds is 4. The minimum atomic E-state index is -0.283. The summed E-state index contributed by atoms with van der Waals surface area (Å²) in [5, 5.41) is 0. The number of carbonyl (C=O) groups excluding carboxylic acids is 1. The van der Waals surface area contributed by atoms with Gasteiger partial charge in [-0.15, -0.1) is 0 Å². The Morgan fingerprint density at radius 1 is 1.26 bits per heavy atom. The summed E-state index contributed by atoms with van der Waals surface area (Å²) in [5.74, 6) is -0.283. The number of nitrogens with zero attached hydrogens (tertiary/aromatic N) is 2. The Kier molecular flexibility index (Phi) is 4.39. The molecule has 4 heteroatoms. The van der Waals surface area contributed by atoms with E-state index in [9.17, 15) is 4.79 Å². The molecule has 0 spiro atoms. The number of ether oxygens (including phenoxy) is 1. The maximum atomic E-state index is 11.2. The van der Waals surface area contributed by atoms with Crippen molar-refractivity contribution in [3.63, 3.8) is 0 Å². The summed E-state index contributed by atoms with van der Waals surface area (Å²) >= 11 is 0. The van der Waals surface area contributed by atoms with Gasteiger partial charge < -0.3 is 4.74 Å². The van der Waals surface area contributed by atoms with Gasteiger partial charge in [0, 0.05) is 12.3 Å². The van der Waals surface area contributed by atoms with Gasteiger partial charge in [0.05, 0.1) is 7.11 Å². The predicted octanol–water partition coefficient (Wildman–Crippen LogP) is 1.90. The van der Waals surface area contributed by atoms with Gasteiger partial charge in [-0.1, -0.05) is 30.3 Å². The van der Waals surface area contributed by atoms with Crippen LogP contribution in [-0.4, -0.2) is 19.3 Å². The zero-order valence-corrected chi connectivity index (χ0v) is 10.7. The Balaban J connectivity index is 2.11. The Morgan fingerprint density at radius 3 is 2.79 bits per heavy atom. The number of aromatic nitrogens is 1. The van der Waals surface area contributed by atoms with Crippen LogP contribution in [0.5, 0.6) is 0 Å². The van der Waals surface area contributed by atoms with Gasteiger partial charge in [-0.2, -0.15) is 4.57 Å². The number of methoxy groups -OCH3 is 1. The number of pyridine rings is 1. The monoisotopic (exact) mass is 255 g/mol. The summed E-state index contributed by atoms with van der Waals surface area (Å²) < 4.78 is 6.36. The Labute approximate surface area is 112 Å². The van der Waals surface area contributed by atoms with E-state index in [-0.39, 0.29) is 12.5 Å². The van der Waals surface area contributed by atoms with Gasteiger partial charge in [-0.05, 0) is 11.6 Å². The summed E-state index contributed by atoms with van der Waals surface area (Å²) in [5.41, 5.74) is 1.82. The van der Waals surface area contributed by atoms with Crippen LogP contribution in [0.2, 0.25) is 0 Å². The lowest BCUT2D eigenvalue weighted by atomic mass is 10.2. The van der Waals surface area contributed by atoms with Crippen molar-refractivity contribution in [2.24, 2.45) is 4.99 Å². The van der Waals surface area contributed by atoms with E-state index >= 15 is 0 Å². The third-order valence-corrected chi connectivity index (χ3v) is 2.54. The van der Waals surface area contributed by atoms with Crippen LogP contribution in [0, 0.1) is 0 Å². The Bertz CT molecular complexity index is 580. The summed E-state index contributed by atoms with van der Waals surface area (Å²) in [7, 11) is 1.38. The van der Waals surface area contributed by atoms with Crippen LogP contribution in [0.1, 0.15) is 5.56 Å². The zero-order chi connectivity index (χ0) is 13.5. The molecule has 0 amide bonds. The minimum Gasteiger partial charge on any atom is -0.464 e. The van der Waals surface area contributed by atoms with Crippen molar-refractivity contribution in [2.75, 3.05) is 7.11 Å². The Morgan fingerprint density at radius 2 is 2.05 bits per heavy atom. The number of esters is 1. The lowest BCUT2D eigenvalue weighted by molar-refractivity contribution is -0.685. The zero-order valence-electron chi connectivity index (χ0n) is 10.7. The van der Waals surface area contributed by atoms with Gasteiger partial charge in [0.1, 0.15) is 5.69 Å². The summed E-state index contributed by atoms with van der Waals surface area (Å²) in [6, 6.07) is 13.6. The lowest BCUT2D eigenvalue weighted by Crippen LogP contribution is -2.37.